The van der Waals surface area contributed by atoms with E-state index in [1.165, 1.54) is 0 Å². The Hall–Kier alpha value is -0.830. The van der Waals surface area contributed by atoms with Gasteiger partial charge in [-0.1, -0.05) is 31.5 Å². The molecule has 0 saturated heterocycles. The number of nitrogens with one attached hydrogen (secondary N) is 1. The van der Waals surface area contributed by atoms with Crippen LogP contribution in [0.5, 0.6) is 0 Å². The second-order valence-electron chi connectivity index (χ2n) is 4.91. The topological polar surface area (TPSA) is 72.2 Å². The highest BCUT2D eigenvalue weighted by Crippen LogP contribution is 2.38. The third kappa shape index (κ3) is 3.92. The van der Waals surface area contributed by atoms with E-state index in [0.717, 1.165) is 12.1 Å². The molecule has 0 fully saturated rings. The van der Waals surface area contributed by atoms with Gasteiger partial charge in [0.2, 0.25) is 10.0 Å². The molecule has 1 rings (SSSR count). The summed E-state index contributed by atoms with van der Waals surface area (Å²) in [4.78, 5) is -0.969. The molecule has 0 heterocycles. The van der Waals surface area contributed by atoms with Gasteiger partial charge in [-0.2, -0.15) is 13.2 Å². The Morgan fingerprint density at radius 1 is 1.23 bits per heavy atom. The maximum absolute atomic E-state index is 13.1. The number of halogens is 4. The van der Waals surface area contributed by atoms with Crippen molar-refractivity contribution in [1.82, 2.24) is 4.72 Å². The summed E-state index contributed by atoms with van der Waals surface area (Å²) in [5.74, 6) is 0. The third-order valence-electron chi connectivity index (χ3n) is 3.64. The average Bonchev–Trinajstić information content (AvgIpc) is 2.43. The second kappa shape index (κ2) is 6.74. The van der Waals surface area contributed by atoms with Gasteiger partial charge in [-0.15, -0.1) is 0 Å². The number of benzene rings is 1. The van der Waals surface area contributed by atoms with Gasteiger partial charge in [0.1, 0.15) is 4.90 Å². The Morgan fingerprint density at radius 3 is 2.18 bits per heavy atom. The average molecular weight is 359 g/mol. The molecule has 4 nitrogen and oxygen atoms in total. The lowest BCUT2D eigenvalue weighted by Crippen LogP contribution is -2.53. The summed E-state index contributed by atoms with van der Waals surface area (Å²) >= 11 is 5.73. The van der Waals surface area contributed by atoms with Crippen LogP contribution in [0.1, 0.15) is 32.3 Å². The van der Waals surface area contributed by atoms with Crippen molar-refractivity contribution in [2.24, 2.45) is 5.73 Å². The molecule has 22 heavy (non-hydrogen) atoms. The van der Waals surface area contributed by atoms with Crippen molar-refractivity contribution in [1.29, 1.82) is 0 Å². The summed E-state index contributed by atoms with van der Waals surface area (Å²) < 4.78 is 66.4. The van der Waals surface area contributed by atoms with Gasteiger partial charge in [0.05, 0.1) is 10.6 Å². The van der Waals surface area contributed by atoms with Gasteiger partial charge in [0.25, 0.3) is 0 Å². The smallest absolute Gasteiger partial charge is 0.329 e. The highest BCUT2D eigenvalue weighted by Gasteiger charge is 2.40. The van der Waals surface area contributed by atoms with E-state index in [9.17, 15) is 21.6 Å². The highest BCUT2D eigenvalue weighted by atomic mass is 35.5. The molecule has 3 N–H and O–H groups in total. The molecule has 1 aromatic carbocycles. The molecule has 0 aliphatic heterocycles. The molecular weight excluding hydrogens is 341 g/mol. The largest absolute Gasteiger partial charge is 0.417 e. The van der Waals surface area contributed by atoms with Crippen molar-refractivity contribution in [3.8, 4) is 0 Å². The van der Waals surface area contributed by atoms with Crippen LogP contribution in [0.2, 0.25) is 5.02 Å². The first-order valence-electron chi connectivity index (χ1n) is 6.62. The van der Waals surface area contributed by atoms with E-state index in [2.05, 4.69) is 4.72 Å². The van der Waals surface area contributed by atoms with E-state index in [-0.39, 0.29) is 6.54 Å². The molecule has 9 heteroatoms. The van der Waals surface area contributed by atoms with Crippen molar-refractivity contribution >= 4 is 21.6 Å². The van der Waals surface area contributed by atoms with E-state index in [1.54, 1.807) is 13.8 Å². The Kier molecular flexibility index (Phi) is 5.88. The molecule has 0 atom stereocenters. The fourth-order valence-corrected chi connectivity index (χ4v) is 4.39. The molecular formula is C13H18ClF3N2O2S. The lowest BCUT2D eigenvalue weighted by Gasteiger charge is -2.31. The minimum Gasteiger partial charge on any atom is -0.329 e. The first kappa shape index (κ1) is 19.2. The van der Waals surface area contributed by atoms with Crippen LogP contribution in [0, 0.1) is 0 Å². The predicted molar refractivity (Wildman–Crippen MR) is 79.1 cm³/mol. The van der Waals surface area contributed by atoms with E-state index in [1.807, 2.05) is 0 Å². The molecule has 0 aliphatic carbocycles. The molecule has 0 amide bonds. The number of nitrogens with two attached hydrogens (primary N) is 1. The van der Waals surface area contributed by atoms with Gasteiger partial charge >= 0.3 is 6.18 Å². The third-order valence-corrected chi connectivity index (χ3v) is 5.74. The summed E-state index contributed by atoms with van der Waals surface area (Å²) in [5, 5.41) is -0.486. The zero-order valence-electron chi connectivity index (χ0n) is 12.2. The van der Waals surface area contributed by atoms with Gasteiger partial charge in [-0.05, 0) is 25.0 Å². The fraction of sp³-hybridized carbons (Fsp3) is 0.538. The monoisotopic (exact) mass is 358 g/mol. The van der Waals surface area contributed by atoms with Crippen molar-refractivity contribution < 1.29 is 21.6 Å². The van der Waals surface area contributed by atoms with E-state index in [4.69, 9.17) is 17.3 Å². The number of sulfonamides is 1. The number of hydrogen-bond donors (Lipinski definition) is 2. The highest BCUT2D eigenvalue weighted by molar-refractivity contribution is 7.89. The maximum atomic E-state index is 13.1. The van der Waals surface area contributed by atoms with Crippen LogP contribution < -0.4 is 10.5 Å². The summed E-state index contributed by atoms with van der Waals surface area (Å²) in [6, 6.07) is 2.84. The molecule has 126 valence electrons. The zero-order chi connectivity index (χ0) is 17.2. The second-order valence-corrected chi connectivity index (χ2v) is 6.94. The van der Waals surface area contributed by atoms with Crippen LogP contribution in [-0.4, -0.2) is 20.5 Å². The number of hydrogen-bond acceptors (Lipinski definition) is 3. The van der Waals surface area contributed by atoms with Crippen molar-refractivity contribution in [3.63, 3.8) is 0 Å². The summed E-state index contributed by atoms with van der Waals surface area (Å²) in [5.41, 5.74) is 3.28. The van der Waals surface area contributed by atoms with Gasteiger partial charge in [0, 0.05) is 12.1 Å². The summed E-state index contributed by atoms with van der Waals surface area (Å²) in [6.45, 7) is 3.37. The molecule has 0 bridgehead atoms. The van der Waals surface area contributed by atoms with Crippen LogP contribution in [0.15, 0.2) is 23.1 Å². The lowest BCUT2D eigenvalue weighted by atomic mass is 9.95. The standard InChI is InChI=1S/C13H18ClF3N2O2S/c1-3-12(4-2,8-18)19-22(20,21)11-9(13(15,16)17)6-5-7-10(11)14/h5-7,19H,3-4,8,18H2,1-2H3. The van der Waals surface area contributed by atoms with Crippen molar-refractivity contribution in [2.45, 2.75) is 43.3 Å². The molecule has 1 aromatic rings. The SMILES string of the molecule is CCC(CC)(CN)NS(=O)(=O)c1c(Cl)cccc1C(F)(F)F. The minimum atomic E-state index is -4.83. The van der Waals surface area contributed by atoms with E-state index in [0.29, 0.717) is 18.9 Å². The Bertz CT molecular complexity index is 620. The van der Waals surface area contributed by atoms with Gasteiger partial charge in [0.15, 0.2) is 0 Å². The van der Waals surface area contributed by atoms with Crippen LogP contribution in [0.4, 0.5) is 13.2 Å². The molecule has 0 spiro atoms. The van der Waals surface area contributed by atoms with Crippen LogP contribution in [0.25, 0.3) is 0 Å². The van der Waals surface area contributed by atoms with E-state index < -0.39 is 37.2 Å². The lowest BCUT2D eigenvalue weighted by molar-refractivity contribution is -0.139. The first-order valence-corrected chi connectivity index (χ1v) is 8.49. The predicted octanol–water partition coefficient (Wildman–Crippen LogP) is 3.15. The summed E-state index contributed by atoms with van der Waals surface area (Å²) in [7, 11) is -4.48. The van der Waals surface area contributed by atoms with Crippen LogP contribution >= 0.6 is 11.6 Å². The minimum absolute atomic E-state index is 0.0367. The van der Waals surface area contributed by atoms with Gasteiger partial charge < -0.3 is 5.73 Å². The number of rotatable bonds is 6. The van der Waals surface area contributed by atoms with Crippen LogP contribution in [0.3, 0.4) is 0 Å². The molecule has 0 saturated carbocycles. The quantitative estimate of drug-likeness (QED) is 0.820. The van der Waals surface area contributed by atoms with E-state index >= 15 is 0 Å². The first-order chi connectivity index (χ1) is 10.0. The molecule has 0 radical (unpaired) electrons. The van der Waals surface area contributed by atoms with Gasteiger partial charge in [-0.25, -0.2) is 13.1 Å². The normalized spacial score (nSPS) is 13.4. The molecule has 0 unspecified atom stereocenters. The summed E-state index contributed by atoms with van der Waals surface area (Å²) in [6.07, 6.45) is -4.16. The fourth-order valence-electron chi connectivity index (χ4n) is 2.07. The Labute approximate surface area is 132 Å². The van der Waals surface area contributed by atoms with Crippen LogP contribution in [-0.2, 0) is 16.2 Å². The molecule has 0 aromatic heterocycles. The van der Waals surface area contributed by atoms with Gasteiger partial charge in [-0.3, -0.25) is 0 Å². The zero-order valence-corrected chi connectivity index (χ0v) is 13.7. The Morgan fingerprint density at radius 2 is 1.77 bits per heavy atom. The number of alkyl halides is 3. The van der Waals surface area contributed by atoms with Crippen molar-refractivity contribution in [3.05, 3.63) is 28.8 Å². The van der Waals surface area contributed by atoms with Crippen molar-refractivity contribution in [2.75, 3.05) is 6.54 Å². The Balaban J connectivity index is 3.48. The molecule has 0 aliphatic rings. The maximum Gasteiger partial charge on any atom is 0.417 e.